The maximum Gasteiger partial charge on any atom is 0.313 e. The number of carboxylic acids is 1. The third kappa shape index (κ3) is 3.00. The number of hydrogen-bond acceptors (Lipinski definition) is 4. The van der Waals surface area contributed by atoms with E-state index in [0.717, 1.165) is 30.4 Å². The second-order valence-electron chi connectivity index (χ2n) is 4.77. The topological polar surface area (TPSA) is 78.9 Å². The van der Waals surface area contributed by atoms with Crippen molar-refractivity contribution in [2.45, 2.75) is 49.6 Å². The fourth-order valence-corrected chi connectivity index (χ4v) is 2.79. The maximum absolute atomic E-state index is 10.5. The molecular weight excluding hydrogens is 238 g/mol. The highest BCUT2D eigenvalue weighted by Gasteiger charge is 2.32. The second kappa shape index (κ2) is 5.08. The quantitative estimate of drug-likeness (QED) is 0.806. The van der Waals surface area contributed by atoms with E-state index in [2.05, 4.69) is 22.1 Å². The van der Waals surface area contributed by atoms with Gasteiger partial charge in [0.05, 0.1) is 5.75 Å². The van der Waals surface area contributed by atoms with Crippen LogP contribution in [0.4, 0.5) is 0 Å². The summed E-state index contributed by atoms with van der Waals surface area (Å²) in [5.41, 5.74) is 0.0906. The minimum absolute atomic E-state index is 0.00794. The van der Waals surface area contributed by atoms with E-state index in [1.165, 1.54) is 19.3 Å². The summed E-state index contributed by atoms with van der Waals surface area (Å²) in [5, 5.41) is 16.2. The third-order valence-electron chi connectivity index (χ3n) is 3.32. The predicted octanol–water partition coefficient (Wildman–Crippen LogP) is 2.20. The van der Waals surface area contributed by atoms with Crippen molar-refractivity contribution >= 4 is 17.7 Å². The first-order chi connectivity index (χ1) is 8.10. The van der Waals surface area contributed by atoms with Gasteiger partial charge < -0.3 is 5.11 Å². The summed E-state index contributed by atoms with van der Waals surface area (Å²) >= 11 is 1.16. The monoisotopic (exact) mass is 255 g/mol. The number of aromatic nitrogens is 3. The van der Waals surface area contributed by atoms with Gasteiger partial charge in [-0.3, -0.25) is 9.89 Å². The lowest BCUT2D eigenvalue weighted by Gasteiger charge is -2.30. The van der Waals surface area contributed by atoms with Crippen molar-refractivity contribution in [2.75, 3.05) is 5.75 Å². The van der Waals surface area contributed by atoms with E-state index >= 15 is 0 Å². The molecule has 6 heteroatoms. The average Bonchev–Trinajstić information content (AvgIpc) is 2.76. The van der Waals surface area contributed by atoms with Crippen molar-refractivity contribution in [2.24, 2.45) is 0 Å². The number of nitrogens with one attached hydrogen (secondary N) is 1. The van der Waals surface area contributed by atoms with Gasteiger partial charge in [0.25, 0.3) is 0 Å². The molecule has 2 rings (SSSR count). The largest absolute Gasteiger partial charge is 0.481 e. The molecule has 0 atom stereocenters. The number of aliphatic carboxylic acids is 1. The van der Waals surface area contributed by atoms with Gasteiger partial charge in [-0.15, -0.1) is 5.10 Å². The smallest absolute Gasteiger partial charge is 0.313 e. The molecule has 0 bridgehead atoms. The normalized spacial score (nSPS) is 19.1. The fraction of sp³-hybridized carbons (Fsp3) is 0.727. The Hall–Kier alpha value is -1.04. The van der Waals surface area contributed by atoms with Gasteiger partial charge in [0, 0.05) is 5.41 Å². The number of aromatic amines is 1. The van der Waals surface area contributed by atoms with E-state index in [4.69, 9.17) is 5.11 Å². The Bertz CT molecular complexity index is 399. The zero-order chi connectivity index (χ0) is 12.3. The highest BCUT2D eigenvalue weighted by atomic mass is 32.2. The SMILES string of the molecule is CC1(c2nc(SCC(=O)O)n[nH]2)CCCCC1. The van der Waals surface area contributed by atoms with E-state index in [0.29, 0.717) is 5.16 Å². The first-order valence-corrected chi connectivity index (χ1v) is 6.86. The molecule has 1 saturated carbocycles. The van der Waals surface area contributed by atoms with Crippen LogP contribution < -0.4 is 0 Å². The molecule has 1 heterocycles. The lowest BCUT2D eigenvalue weighted by atomic mass is 9.75. The summed E-state index contributed by atoms with van der Waals surface area (Å²) in [6.07, 6.45) is 6.02. The maximum atomic E-state index is 10.5. The van der Waals surface area contributed by atoms with Gasteiger partial charge in [0.2, 0.25) is 5.16 Å². The van der Waals surface area contributed by atoms with Gasteiger partial charge in [-0.1, -0.05) is 37.9 Å². The number of carboxylic acid groups (broad SMARTS) is 1. The molecule has 17 heavy (non-hydrogen) atoms. The Labute approximate surface area is 104 Å². The molecule has 1 aliphatic carbocycles. The first kappa shape index (κ1) is 12.4. The van der Waals surface area contributed by atoms with Gasteiger partial charge in [-0.05, 0) is 12.8 Å². The number of rotatable bonds is 4. The van der Waals surface area contributed by atoms with Crippen LogP contribution in [0, 0.1) is 0 Å². The number of hydrogen-bond donors (Lipinski definition) is 2. The van der Waals surface area contributed by atoms with Gasteiger partial charge in [0.15, 0.2) is 0 Å². The van der Waals surface area contributed by atoms with Gasteiger partial charge in [0.1, 0.15) is 5.82 Å². The molecule has 0 aromatic carbocycles. The molecule has 1 aliphatic rings. The molecular formula is C11H17N3O2S. The Kier molecular flexibility index (Phi) is 3.71. The molecule has 0 spiro atoms. The van der Waals surface area contributed by atoms with E-state index in [9.17, 15) is 4.79 Å². The third-order valence-corrected chi connectivity index (χ3v) is 4.15. The van der Waals surface area contributed by atoms with E-state index in [-0.39, 0.29) is 11.2 Å². The van der Waals surface area contributed by atoms with Crippen molar-refractivity contribution < 1.29 is 9.90 Å². The van der Waals surface area contributed by atoms with Crippen LogP contribution in [-0.4, -0.2) is 32.0 Å². The van der Waals surface area contributed by atoms with Crippen molar-refractivity contribution in [3.8, 4) is 0 Å². The molecule has 94 valence electrons. The van der Waals surface area contributed by atoms with Crippen LogP contribution in [0.5, 0.6) is 0 Å². The van der Waals surface area contributed by atoms with Crippen molar-refractivity contribution in [1.82, 2.24) is 15.2 Å². The molecule has 0 unspecified atom stereocenters. The Morgan fingerprint density at radius 3 is 2.82 bits per heavy atom. The van der Waals surface area contributed by atoms with Crippen molar-refractivity contribution in [3.63, 3.8) is 0 Å². The van der Waals surface area contributed by atoms with Crippen molar-refractivity contribution in [1.29, 1.82) is 0 Å². The Morgan fingerprint density at radius 1 is 1.47 bits per heavy atom. The summed E-state index contributed by atoms with van der Waals surface area (Å²) in [7, 11) is 0. The summed E-state index contributed by atoms with van der Waals surface area (Å²) in [5.74, 6) is 0.0731. The van der Waals surface area contributed by atoms with Gasteiger partial charge in [-0.2, -0.15) is 0 Å². The van der Waals surface area contributed by atoms with Crippen LogP contribution in [0.1, 0.15) is 44.9 Å². The number of carbonyl (C=O) groups is 1. The van der Waals surface area contributed by atoms with E-state index in [1.807, 2.05) is 0 Å². The second-order valence-corrected chi connectivity index (χ2v) is 5.71. The summed E-state index contributed by atoms with van der Waals surface area (Å²) in [6.45, 7) is 2.21. The standard InChI is InChI=1S/C11H17N3O2S/c1-11(5-3-2-4-6-11)9-12-10(14-13-9)17-7-8(15)16/h2-7H2,1H3,(H,15,16)(H,12,13,14). The molecule has 5 nitrogen and oxygen atoms in total. The molecule has 0 aliphatic heterocycles. The highest BCUT2D eigenvalue weighted by Crippen LogP contribution is 2.37. The molecule has 1 aromatic heterocycles. The van der Waals surface area contributed by atoms with E-state index < -0.39 is 5.97 Å². The predicted molar refractivity (Wildman–Crippen MR) is 65.2 cm³/mol. The molecule has 0 amide bonds. The lowest BCUT2D eigenvalue weighted by Crippen LogP contribution is -2.26. The molecule has 1 fully saturated rings. The van der Waals surface area contributed by atoms with Crippen LogP contribution in [0.2, 0.25) is 0 Å². The number of nitrogens with zero attached hydrogens (tertiary/aromatic N) is 2. The zero-order valence-corrected chi connectivity index (χ0v) is 10.7. The summed E-state index contributed by atoms with van der Waals surface area (Å²) in [4.78, 5) is 14.9. The lowest BCUT2D eigenvalue weighted by molar-refractivity contribution is -0.133. The number of H-pyrrole nitrogens is 1. The first-order valence-electron chi connectivity index (χ1n) is 5.88. The molecule has 1 aromatic rings. The van der Waals surface area contributed by atoms with Crippen LogP contribution in [0.15, 0.2) is 5.16 Å². The van der Waals surface area contributed by atoms with Crippen molar-refractivity contribution in [3.05, 3.63) is 5.82 Å². The number of thioether (sulfide) groups is 1. The van der Waals surface area contributed by atoms with Crippen LogP contribution in [0.25, 0.3) is 0 Å². The average molecular weight is 255 g/mol. The Morgan fingerprint density at radius 2 is 2.18 bits per heavy atom. The van der Waals surface area contributed by atoms with Crippen LogP contribution >= 0.6 is 11.8 Å². The van der Waals surface area contributed by atoms with Gasteiger partial charge >= 0.3 is 5.97 Å². The zero-order valence-electron chi connectivity index (χ0n) is 9.90. The highest BCUT2D eigenvalue weighted by molar-refractivity contribution is 7.99. The summed E-state index contributed by atoms with van der Waals surface area (Å²) < 4.78 is 0. The minimum Gasteiger partial charge on any atom is -0.481 e. The summed E-state index contributed by atoms with van der Waals surface area (Å²) in [6, 6.07) is 0. The fourth-order valence-electron chi connectivity index (χ4n) is 2.28. The van der Waals surface area contributed by atoms with Crippen LogP contribution in [0.3, 0.4) is 0 Å². The van der Waals surface area contributed by atoms with Crippen LogP contribution in [-0.2, 0) is 10.2 Å². The molecule has 0 saturated heterocycles. The van der Waals surface area contributed by atoms with Gasteiger partial charge in [-0.25, -0.2) is 4.98 Å². The Balaban J connectivity index is 2.03. The minimum atomic E-state index is -0.842. The molecule has 0 radical (unpaired) electrons. The molecule has 2 N–H and O–H groups in total. The van der Waals surface area contributed by atoms with E-state index in [1.54, 1.807) is 0 Å².